The summed E-state index contributed by atoms with van der Waals surface area (Å²) in [6.07, 6.45) is -2.44. The highest BCUT2D eigenvalue weighted by molar-refractivity contribution is 5.24. The molecule has 0 saturated heterocycles. The number of nitrogens with one attached hydrogen (secondary N) is 2. The van der Waals surface area contributed by atoms with Crippen molar-refractivity contribution < 1.29 is 8.78 Å². The summed E-state index contributed by atoms with van der Waals surface area (Å²) in [7, 11) is 0. The van der Waals surface area contributed by atoms with Crippen LogP contribution in [-0.2, 0) is 6.54 Å². The number of halogens is 2. The van der Waals surface area contributed by atoms with Gasteiger partial charge in [0, 0.05) is 12.1 Å². The van der Waals surface area contributed by atoms with E-state index < -0.39 is 6.43 Å². The zero-order valence-corrected chi connectivity index (χ0v) is 9.77. The minimum Gasteiger partial charge on any atom is -0.303 e. The molecule has 0 fully saturated rings. The lowest BCUT2D eigenvalue weighted by Crippen LogP contribution is -2.19. The maximum atomic E-state index is 12.5. The molecule has 96 valence electrons. The van der Waals surface area contributed by atoms with Crippen molar-refractivity contribution in [3.8, 4) is 0 Å². The van der Waals surface area contributed by atoms with Crippen LogP contribution in [0.1, 0.15) is 36.3 Å². The Morgan fingerprint density at radius 1 is 1.39 bits per heavy atom. The average Bonchev–Trinajstić information content (AvgIpc) is 2.90. The molecule has 1 heterocycles. The largest absolute Gasteiger partial charge is 0.303 e. The second kappa shape index (κ2) is 5.63. The quantitative estimate of drug-likeness (QED) is 0.855. The number of nitrogens with zero attached hydrogens (tertiary/aromatic N) is 3. The Morgan fingerprint density at radius 3 is 2.89 bits per heavy atom. The molecular formula is C11H13F2N5. The van der Waals surface area contributed by atoms with Crippen molar-refractivity contribution in [2.75, 3.05) is 0 Å². The van der Waals surface area contributed by atoms with E-state index in [1.165, 1.54) is 12.1 Å². The van der Waals surface area contributed by atoms with Gasteiger partial charge in [-0.25, -0.2) is 8.78 Å². The monoisotopic (exact) mass is 253 g/mol. The first-order valence-electron chi connectivity index (χ1n) is 5.50. The number of alkyl halides is 2. The van der Waals surface area contributed by atoms with Crippen LogP contribution in [0, 0.1) is 0 Å². The van der Waals surface area contributed by atoms with E-state index in [1.54, 1.807) is 12.1 Å². The number of hydrogen-bond donors (Lipinski definition) is 2. The Bertz CT molecular complexity index is 486. The minimum absolute atomic E-state index is 0.0292. The molecule has 0 aliphatic rings. The van der Waals surface area contributed by atoms with E-state index >= 15 is 0 Å². The summed E-state index contributed by atoms with van der Waals surface area (Å²) < 4.78 is 25.0. The van der Waals surface area contributed by atoms with E-state index in [0.29, 0.717) is 12.4 Å². The topological polar surface area (TPSA) is 66.5 Å². The molecule has 0 bridgehead atoms. The van der Waals surface area contributed by atoms with Crippen LogP contribution in [-0.4, -0.2) is 20.6 Å². The van der Waals surface area contributed by atoms with Crippen molar-refractivity contribution in [3.63, 3.8) is 0 Å². The van der Waals surface area contributed by atoms with Gasteiger partial charge in [-0.3, -0.25) is 0 Å². The van der Waals surface area contributed by atoms with Gasteiger partial charge >= 0.3 is 0 Å². The summed E-state index contributed by atoms with van der Waals surface area (Å²) in [6.45, 7) is 2.35. The van der Waals surface area contributed by atoms with E-state index in [9.17, 15) is 8.78 Å². The van der Waals surface area contributed by atoms with Crippen LogP contribution >= 0.6 is 0 Å². The van der Waals surface area contributed by atoms with Crippen LogP contribution < -0.4 is 5.32 Å². The van der Waals surface area contributed by atoms with Crippen molar-refractivity contribution in [1.82, 2.24) is 25.9 Å². The fourth-order valence-corrected chi connectivity index (χ4v) is 1.55. The van der Waals surface area contributed by atoms with Gasteiger partial charge in [-0.2, -0.15) is 5.21 Å². The third-order valence-electron chi connectivity index (χ3n) is 2.56. The van der Waals surface area contributed by atoms with E-state index in [4.69, 9.17) is 0 Å². The highest BCUT2D eigenvalue weighted by atomic mass is 19.3. The van der Waals surface area contributed by atoms with Crippen molar-refractivity contribution >= 4 is 0 Å². The lowest BCUT2D eigenvalue weighted by Gasteiger charge is -2.10. The van der Waals surface area contributed by atoms with Gasteiger partial charge in [-0.05, 0) is 18.6 Å². The number of hydrogen-bond acceptors (Lipinski definition) is 4. The fraction of sp³-hybridized carbons (Fsp3) is 0.364. The summed E-state index contributed by atoms with van der Waals surface area (Å²) in [5.74, 6) is 0.542. The average molecular weight is 253 g/mol. The molecule has 7 heteroatoms. The van der Waals surface area contributed by atoms with Crippen LogP contribution in [0.4, 0.5) is 8.78 Å². The zero-order valence-electron chi connectivity index (χ0n) is 9.77. The van der Waals surface area contributed by atoms with Crippen molar-refractivity contribution in [1.29, 1.82) is 0 Å². The van der Waals surface area contributed by atoms with Crippen molar-refractivity contribution in [2.24, 2.45) is 0 Å². The molecule has 18 heavy (non-hydrogen) atoms. The first-order chi connectivity index (χ1) is 8.66. The Morgan fingerprint density at radius 2 is 2.22 bits per heavy atom. The molecule has 0 amide bonds. The Kier molecular flexibility index (Phi) is 3.93. The molecule has 1 aromatic heterocycles. The molecule has 2 rings (SSSR count). The fourth-order valence-electron chi connectivity index (χ4n) is 1.55. The molecule has 0 spiro atoms. The Labute approximate surface area is 103 Å². The van der Waals surface area contributed by atoms with Crippen LogP contribution in [0.3, 0.4) is 0 Å². The maximum absolute atomic E-state index is 12.5. The third kappa shape index (κ3) is 3.07. The van der Waals surface area contributed by atoms with Gasteiger partial charge in [0.05, 0.1) is 6.04 Å². The zero-order chi connectivity index (χ0) is 13.0. The third-order valence-corrected chi connectivity index (χ3v) is 2.56. The Balaban J connectivity index is 1.96. The van der Waals surface area contributed by atoms with E-state index in [1.807, 2.05) is 6.92 Å². The van der Waals surface area contributed by atoms with Gasteiger partial charge in [0.2, 0.25) is 0 Å². The molecule has 0 saturated carbocycles. The van der Waals surface area contributed by atoms with Gasteiger partial charge in [0.1, 0.15) is 0 Å². The van der Waals surface area contributed by atoms with Gasteiger partial charge in [-0.15, -0.1) is 10.2 Å². The summed E-state index contributed by atoms with van der Waals surface area (Å²) in [5.41, 5.74) is 0.824. The molecule has 5 nitrogen and oxygen atoms in total. The SMILES string of the molecule is CC(NCc1cccc(C(F)F)c1)c1nn[nH]n1. The number of aromatic amines is 1. The number of rotatable bonds is 5. The first kappa shape index (κ1) is 12.6. The molecule has 0 aliphatic carbocycles. The van der Waals surface area contributed by atoms with Crippen LogP contribution in [0.25, 0.3) is 0 Å². The first-order valence-corrected chi connectivity index (χ1v) is 5.50. The summed E-state index contributed by atoms with van der Waals surface area (Å²) in [5, 5.41) is 16.6. The van der Waals surface area contributed by atoms with Crippen LogP contribution in [0.2, 0.25) is 0 Å². The number of aromatic nitrogens is 4. The standard InChI is InChI=1S/C11H13F2N5/c1-7(11-15-17-18-16-11)14-6-8-3-2-4-9(5-8)10(12)13/h2-5,7,10,14H,6H2,1H3,(H,15,16,17,18). The molecular weight excluding hydrogens is 240 g/mol. The van der Waals surface area contributed by atoms with Crippen LogP contribution in [0.5, 0.6) is 0 Å². The molecule has 2 N–H and O–H groups in total. The predicted molar refractivity (Wildman–Crippen MR) is 60.8 cm³/mol. The second-order valence-corrected chi connectivity index (χ2v) is 3.92. The van der Waals surface area contributed by atoms with E-state index in [-0.39, 0.29) is 11.6 Å². The molecule has 1 atom stereocenters. The van der Waals surface area contributed by atoms with Crippen LogP contribution in [0.15, 0.2) is 24.3 Å². The molecule has 0 radical (unpaired) electrons. The summed E-state index contributed by atoms with van der Waals surface area (Å²) in [4.78, 5) is 0. The number of benzene rings is 1. The molecule has 0 aliphatic heterocycles. The predicted octanol–water partition coefficient (Wildman–Crippen LogP) is 1.99. The Hall–Kier alpha value is -1.89. The van der Waals surface area contributed by atoms with Gasteiger partial charge < -0.3 is 5.32 Å². The summed E-state index contributed by atoms with van der Waals surface area (Å²) in [6, 6.07) is 6.22. The normalized spacial score (nSPS) is 12.9. The van der Waals surface area contributed by atoms with E-state index in [2.05, 4.69) is 25.9 Å². The lowest BCUT2D eigenvalue weighted by molar-refractivity contribution is 0.151. The number of H-pyrrole nitrogens is 1. The van der Waals surface area contributed by atoms with E-state index in [0.717, 1.165) is 5.56 Å². The lowest BCUT2D eigenvalue weighted by atomic mass is 10.1. The molecule has 1 aromatic carbocycles. The smallest absolute Gasteiger partial charge is 0.263 e. The van der Waals surface area contributed by atoms with Crippen molar-refractivity contribution in [2.45, 2.75) is 25.9 Å². The minimum atomic E-state index is -2.44. The van der Waals surface area contributed by atoms with Gasteiger partial charge in [-0.1, -0.05) is 23.4 Å². The molecule has 2 aromatic rings. The maximum Gasteiger partial charge on any atom is 0.263 e. The van der Waals surface area contributed by atoms with Crippen molar-refractivity contribution in [3.05, 3.63) is 41.2 Å². The second-order valence-electron chi connectivity index (χ2n) is 3.92. The summed E-state index contributed by atoms with van der Waals surface area (Å²) >= 11 is 0. The highest BCUT2D eigenvalue weighted by Gasteiger charge is 2.10. The molecule has 1 unspecified atom stereocenters. The number of tetrazole rings is 1. The highest BCUT2D eigenvalue weighted by Crippen LogP contribution is 2.19. The van der Waals surface area contributed by atoms with Gasteiger partial charge in [0.15, 0.2) is 5.82 Å². The van der Waals surface area contributed by atoms with Gasteiger partial charge in [0.25, 0.3) is 6.43 Å².